The second-order valence-corrected chi connectivity index (χ2v) is 20.0. The quantitative estimate of drug-likeness (QED) is 0.164. The molecule has 0 saturated heterocycles. The van der Waals surface area contributed by atoms with Gasteiger partial charge in [-0.1, -0.05) is 164 Å². The number of rotatable bonds is 4. The van der Waals surface area contributed by atoms with Gasteiger partial charge in [0.2, 0.25) is 0 Å². The molecule has 0 N–H and O–H groups in total. The second kappa shape index (κ2) is 14.6. The minimum absolute atomic E-state index is 0.124. The van der Waals surface area contributed by atoms with Crippen molar-refractivity contribution in [3.63, 3.8) is 0 Å². The van der Waals surface area contributed by atoms with Crippen LogP contribution in [0.3, 0.4) is 0 Å². The fourth-order valence-corrected chi connectivity index (χ4v) is 13.7. The molecule has 0 saturated carbocycles. The lowest BCUT2D eigenvalue weighted by Crippen LogP contribution is -2.74. The molecule has 0 aliphatic carbocycles. The van der Waals surface area contributed by atoms with Gasteiger partial charge < -0.3 is 23.7 Å². The average Bonchev–Trinajstić information content (AvgIpc) is 3.98. The Morgan fingerprint density at radius 1 is 0.260 bits per heavy atom. The first-order chi connectivity index (χ1) is 36.3. The van der Waals surface area contributed by atoms with Crippen molar-refractivity contribution in [3.05, 3.63) is 249 Å². The van der Waals surface area contributed by atoms with Crippen molar-refractivity contribution in [1.82, 2.24) is 9.13 Å². The van der Waals surface area contributed by atoms with Gasteiger partial charge in [0.25, 0.3) is 0 Å². The standard InChI is InChI=1S/C66H41B2N5/c1-3-20-42(21-4-1)69-60-36-17-11-30-54(60)67-64-52(38-44(40-62(64)69)71-56-32-13-7-24-46(56)47-25-8-14-33-57(47)71)50-28-19-29-51-53-39-45(72-58-34-15-9-26-48(58)49-27-10-16-35-59(49)72)41-63-65(53)68(73(67)66(50)51)55-31-12-18-37-61(55)70(63)43-22-5-2-6-23-43/h1-41H. The molecular formula is C66H41B2N5. The van der Waals surface area contributed by atoms with Crippen LogP contribution in [0.15, 0.2) is 249 Å². The lowest BCUT2D eigenvalue weighted by atomic mass is 9.32. The molecule has 4 aliphatic heterocycles. The van der Waals surface area contributed by atoms with Gasteiger partial charge in [-0.3, -0.25) is 0 Å². The van der Waals surface area contributed by atoms with Crippen LogP contribution in [-0.4, -0.2) is 22.8 Å². The Balaban J connectivity index is 1.02. The lowest BCUT2D eigenvalue weighted by Gasteiger charge is -2.53. The summed E-state index contributed by atoms with van der Waals surface area (Å²) in [6.45, 7) is -0.247. The van der Waals surface area contributed by atoms with Crippen LogP contribution in [0.2, 0.25) is 0 Å². The molecule has 7 heteroatoms. The van der Waals surface area contributed by atoms with E-state index in [1.165, 1.54) is 116 Å². The van der Waals surface area contributed by atoms with Crippen LogP contribution in [0.1, 0.15) is 0 Å². The van der Waals surface area contributed by atoms with Gasteiger partial charge in [-0.15, -0.1) is 0 Å². The van der Waals surface area contributed by atoms with Gasteiger partial charge in [-0.2, -0.15) is 0 Å². The van der Waals surface area contributed by atoms with E-state index in [4.69, 9.17) is 0 Å². The van der Waals surface area contributed by atoms with Gasteiger partial charge in [-0.05, 0) is 118 Å². The third-order valence-corrected chi connectivity index (χ3v) is 16.4. The van der Waals surface area contributed by atoms with Crippen molar-refractivity contribution in [2.75, 3.05) is 14.5 Å². The number of para-hydroxylation sites is 9. The first kappa shape index (κ1) is 39.3. The van der Waals surface area contributed by atoms with Gasteiger partial charge in [-0.25, -0.2) is 0 Å². The van der Waals surface area contributed by atoms with E-state index in [-0.39, 0.29) is 13.7 Å². The number of hydrogen-bond acceptors (Lipinski definition) is 3. The molecule has 4 aliphatic rings. The zero-order valence-corrected chi connectivity index (χ0v) is 39.6. The van der Waals surface area contributed by atoms with E-state index in [0.29, 0.717) is 0 Å². The number of benzene rings is 11. The van der Waals surface area contributed by atoms with E-state index in [9.17, 15) is 0 Å². The zero-order chi connectivity index (χ0) is 47.5. The molecule has 0 amide bonds. The Kier molecular flexibility index (Phi) is 7.84. The lowest BCUT2D eigenvalue weighted by molar-refractivity contribution is 1.17. The largest absolute Gasteiger partial charge is 0.444 e. The topological polar surface area (TPSA) is 19.6 Å². The van der Waals surface area contributed by atoms with Gasteiger partial charge in [0.05, 0.1) is 22.1 Å². The predicted molar refractivity (Wildman–Crippen MR) is 308 cm³/mol. The van der Waals surface area contributed by atoms with Crippen LogP contribution >= 0.6 is 0 Å². The van der Waals surface area contributed by atoms with Crippen molar-refractivity contribution in [2.24, 2.45) is 0 Å². The van der Waals surface area contributed by atoms with Gasteiger partial charge >= 0.3 is 13.7 Å². The SMILES string of the molecule is c1ccc(N2c3ccccc3B3c4c(cc(-n5c6ccccc6c6ccccc65)cc42)-c2cccc4c2N3B2c3ccccc3N(c3ccccc3)c3cc(-n5c6ccccc6c6ccccc65)cc-4c32)cc1. The third-order valence-electron chi connectivity index (χ3n) is 16.4. The maximum atomic E-state index is 2.84. The molecule has 0 bridgehead atoms. The van der Waals surface area contributed by atoms with Crippen molar-refractivity contribution in [2.45, 2.75) is 0 Å². The van der Waals surface area contributed by atoms with Crippen LogP contribution < -0.4 is 36.4 Å². The molecule has 0 unspecified atom stereocenters. The van der Waals surface area contributed by atoms with Gasteiger partial charge in [0.1, 0.15) is 0 Å². The molecule has 11 aromatic carbocycles. The number of hydrogen-bond donors (Lipinski definition) is 0. The maximum Gasteiger partial charge on any atom is 0.316 e. The Labute approximate surface area is 422 Å². The predicted octanol–water partition coefficient (Wildman–Crippen LogP) is 13.8. The summed E-state index contributed by atoms with van der Waals surface area (Å²) < 4.78 is 7.83. The Morgan fingerprint density at radius 3 is 1.03 bits per heavy atom. The van der Waals surface area contributed by atoms with E-state index >= 15 is 0 Å². The smallest absolute Gasteiger partial charge is 0.316 e. The van der Waals surface area contributed by atoms with Gasteiger partial charge in [0, 0.05) is 83.9 Å². The number of anilines is 7. The highest BCUT2D eigenvalue weighted by molar-refractivity contribution is 7.09. The van der Waals surface area contributed by atoms with Crippen molar-refractivity contribution in [1.29, 1.82) is 0 Å². The average molecular weight is 926 g/mol. The van der Waals surface area contributed by atoms with E-state index < -0.39 is 0 Å². The molecule has 0 radical (unpaired) electrons. The summed E-state index contributed by atoms with van der Waals surface area (Å²) in [7, 11) is 0. The molecule has 6 heterocycles. The molecule has 17 rings (SSSR count). The summed E-state index contributed by atoms with van der Waals surface area (Å²) >= 11 is 0. The van der Waals surface area contributed by atoms with Gasteiger partial charge in [0.15, 0.2) is 0 Å². The highest BCUT2D eigenvalue weighted by Crippen LogP contribution is 2.53. The Bertz CT molecular complexity index is 4110. The molecule has 5 nitrogen and oxygen atoms in total. The van der Waals surface area contributed by atoms with E-state index in [1.54, 1.807) is 0 Å². The van der Waals surface area contributed by atoms with Crippen molar-refractivity contribution < 1.29 is 0 Å². The van der Waals surface area contributed by atoms with Crippen LogP contribution in [0, 0.1) is 0 Å². The van der Waals surface area contributed by atoms with Crippen LogP contribution in [0.4, 0.5) is 39.8 Å². The summed E-state index contributed by atoms with van der Waals surface area (Å²) in [6, 6.07) is 93.0. The number of aromatic nitrogens is 2. The molecule has 0 spiro atoms. The van der Waals surface area contributed by atoms with Crippen molar-refractivity contribution in [3.8, 4) is 33.6 Å². The highest BCUT2D eigenvalue weighted by Gasteiger charge is 2.54. The fraction of sp³-hybridized carbons (Fsp3) is 0. The summed E-state index contributed by atoms with van der Waals surface area (Å²) in [6.07, 6.45) is 0. The molecule has 2 aromatic heterocycles. The van der Waals surface area contributed by atoms with E-state index in [0.717, 1.165) is 22.7 Å². The fourth-order valence-electron chi connectivity index (χ4n) is 13.7. The van der Waals surface area contributed by atoms with E-state index in [1.807, 2.05) is 0 Å². The molecule has 73 heavy (non-hydrogen) atoms. The number of nitrogens with zero attached hydrogens (tertiary/aromatic N) is 5. The van der Waals surface area contributed by atoms with E-state index in [2.05, 4.69) is 272 Å². The normalized spacial score (nSPS) is 13.6. The minimum atomic E-state index is -0.124. The van der Waals surface area contributed by atoms with Crippen molar-refractivity contribution >= 4 is 119 Å². The second-order valence-electron chi connectivity index (χ2n) is 20.0. The zero-order valence-electron chi connectivity index (χ0n) is 39.6. The molecule has 13 aromatic rings. The minimum Gasteiger partial charge on any atom is -0.444 e. The van der Waals surface area contributed by atoms with Crippen LogP contribution in [0.5, 0.6) is 0 Å². The molecule has 0 atom stereocenters. The molecular weight excluding hydrogens is 884 g/mol. The maximum absolute atomic E-state index is 2.84. The third kappa shape index (κ3) is 5.17. The first-order valence-corrected chi connectivity index (χ1v) is 25.4. The molecule has 0 fully saturated rings. The van der Waals surface area contributed by atoms with Crippen LogP contribution in [-0.2, 0) is 0 Å². The summed E-state index contributed by atoms with van der Waals surface area (Å²) in [5.74, 6) is 0. The monoisotopic (exact) mass is 925 g/mol. The number of fused-ring (bicyclic) bond motifs is 14. The summed E-state index contributed by atoms with van der Waals surface area (Å²) in [5, 5.41) is 5.01. The summed E-state index contributed by atoms with van der Waals surface area (Å²) in [5.41, 5.74) is 25.7. The first-order valence-electron chi connectivity index (χ1n) is 25.4. The Hall–Kier alpha value is -9.45. The highest BCUT2D eigenvalue weighted by atomic mass is 15.2. The van der Waals surface area contributed by atoms with Crippen LogP contribution in [0.25, 0.3) is 77.2 Å². The molecule has 336 valence electrons. The summed E-state index contributed by atoms with van der Waals surface area (Å²) in [4.78, 5) is 5.06. The Morgan fingerprint density at radius 2 is 0.616 bits per heavy atom.